The van der Waals surface area contributed by atoms with E-state index in [0.717, 1.165) is 13.0 Å². The Kier molecular flexibility index (Phi) is 20.7. The Morgan fingerprint density at radius 2 is 1.13 bits per heavy atom. The molecule has 1 aliphatic rings. The van der Waals surface area contributed by atoms with Gasteiger partial charge in [-0.3, -0.25) is 4.79 Å². The maximum Gasteiger partial charge on any atom is 0.305 e. The van der Waals surface area contributed by atoms with Crippen LogP contribution < -0.4 is 17.0 Å². The number of halogens is 1. The molecule has 180 valence electrons. The van der Waals surface area contributed by atoms with Crippen molar-refractivity contribution in [3.63, 3.8) is 0 Å². The zero-order valence-corrected chi connectivity index (χ0v) is 22.0. The fraction of sp³-hybridized carbons (Fsp3) is 0.962. The lowest BCUT2D eigenvalue weighted by molar-refractivity contribution is -0.917. The molecule has 1 heterocycles. The minimum absolute atomic E-state index is 0. The number of likely N-dealkylation sites (tertiary alicyclic amines) is 1. The average Bonchev–Trinajstić information content (AvgIpc) is 3.18. The second-order valence-electron chi connectivity index (χ2n) is 9.51. The summed E-state index contributed by atoms with van der Waals surface area (Å²) < 4.78 is 6.81. The lowest BCUT2D eigenvalue weighted by atomic mass is 10.1. The Bertz CT molecular complexity index is 383. The van der Waals surface area contributed by atoms with Crippen LogP contribution in [-0.2, 0) is 9.53 Å². The summed E-state index contributed by atoms with van der Waals surface area (Å²) in [5, 5.41) is 0. The molecule has 0 N–H and O–H groups in total. The van der Waals surface area contributed by atoms with Crippen LogP contribution in [0.5, 0.6) is 0 Å². The van der Waals surface area contributed by atoms with E-state index in [4.69, 9.17) is 4.74 Å². The Morgan fingerprint density at radius 3 is 1.67 bits per heavy atom. The molecule has 1 saturated heterocycles. The molecule has 0 saturated carbocycles. The van der Waals surface area contributed by atoms with Crippen molar-refractivity contribution in [2.45, 2.75) is 129 Å². The molecule has 4 heteroatoms. The minimum Gasteiger partial charge on any atom is -1.00 e. The quantitative estimate of drug-likeness (QED) is 0.143. The number of quaternary nitrogens is 1. The molecule has 0 unspecified atom stereocenters. The number of rotatable bonds is 20. The zero-order chi connectivity index (χ0) is 21.0. The topological polar surface area (TPSA) is 26.3 Å². The number of carbonyl (C=O) groups excluding carboxylic acids is 1. The van der Waals surface area contributed by atoms with Crippen LogP contribution in [0.2, 0.25) is 0 Å². The van der Waals surface area contributed by atoms with Gasteiger partial charge in [0.15, 0.2) is 0 Å². The normalized spacial score (nSPS) is 15.1. The molecule has 0 radical (unpaired) electrons. The summed E-state index contributed by atoms with van der Waals surface area (Å²) in [6, 6.07) is 0. The molecule has 1 fully saturated rings. The molecule has 0 aliphatic carbocycles. The monoisotopic (exact) mass is 489 g/mol. The number of hydrogen-bond acceptors (Lipinski definition) is 2. The van der Waals surface area contributed by atoms with Gasteiger partial charge in [-0.25, -0.2) is 0 Å². The Morgan fingerprint density at radius 1 is 0.667 bits per heavy atom. The Labute approximate surface area is 199 Å². The van der Waals surface area contributed by atoms with Crippen molar-refractivity contribution in [3.8, 4) is 0 Å². The van der Waals surface area contributed by atoms with Gasteiger partial charge in [0.25, 0.3) is 0 Å². The van der Waals surface area contributed by atoms with Gasteiger partial charge in [-0.05, 0) is 19.3 Å². The predicted molar refractivity (Wildman–Crippen MR) is 125 cm³/mol. The Balaban J connectivity index is 0.00000841. The van der Waals surface area contributed by atoms with Gasteiger partial charge in [0.2, 0.25) is 0 Å². The molecule has 1 aliphatic heterocycles. The first kappa shape index (κ1) is 29.9. The smallest absolute Gasteiger partial charge is 0.305 e. The fourth-order valence-electron chi connectivity index (χ4n) is 4.80. The van der Waals surface area contributed by atoms with E-state index in [2.05, 4.69) is 13.8 Å². The lowest BCUT2D eigenvalue weighted by Gasteiger charge is -2.34. The van der Waals surface area contributed by atoms with E-state index in [1.807, 2.05) is 0 Å². The molecule has 3 nitrogen and oxygen atoms in total. The molecular formula is C26H52BrNO2. The molecule has 1 rings (SSSR count). The van der Waals surface area contributed by atoms with Crippen LogP contribution in [0.25, 0.3) is 0 Å². The first-order chi connectivity index (χ1) is 14.2. The second-order valence-corrected chi connectivity index (χ2v) is 9.51. The van der Waals surface area contributed by atoms with Crippen molar-refractivity contribution < 1.29 is 31.0 Å². The van der Waals surface area contributed by atoms with Gasteiger partial charge in [-0.15, -0.1) is 0 Å². The van der Waals surface area contributed by atoms with Gasteiger partial charge in [0, 0.05) is 19.3 Å². The summed E-state index contributed by atoms with van der Waals surface area (Å²) in [7, 11) is 0. The van der Waals surface area contributed by atoms with E-state index in [-0.39, 0.29) is 23.0 Å². The lowest BCUT2D eigenvalue weighted by Crippen LogP contribution is -3.00. The third kappa shape index (κ3) is 15.7. The van der Waals surface area contributed by atoms with E-state index in [1.54, 1.807) is 0 Å². The van der Waals surface area contributed by atoms with Gasteiger partial charge < -0.3 is 26.2 Å². The molecular weight excluding hydrogens is 438 g/mol. The van der Waals surface area contributed by atoms with Crippen molar-refractivity contribution in [2.24, 2.45) is 0 Å². The summed E-state index contributed by atoms with van der Waals surface area (Å²) in [6.07, 6.45) is 23.2. The largest absolute Gasteiger partial charge is 1.00 e. The van der Waals surface area contributed by atoms with Crippen LogP contribution in [0.1, 0.15) is 129 Å². The number of carbonyl (C=O) groups is 1. The number of unbranched alkanes of at least 4 members (excludes halogenated alkanes) is 13. The molecule has 0 atom stereocenters. The maximum atomic E-state index is 12.1. The second kappa shape index (κ2) is 20.8. The molecule has 0 aromatic heterocycles. The number of esters is 1. The molecule has 0 bridgehead atoms. The summed E-state index contributed by atoms with van der Waals surface area (Å²) in [5.74, 6) is 0.0323. The standard InChI is InChI=1S/C26H52NO2.BrH/c1-3-5-7-9-11-12-13-14-16-20-26(28)29-25-24-27(22-18-19-23-27)21-17-15-10-8-6-4-2;/h3-25H2,1-2H3;1H/q+1;/p-1. The molecule has 0 aromatic rings. The number of hydrogen-bond donors (Lipinski definition) is 0. The molecule has 0 spiro atoms. The molecule has 30 heavy (non-hydrogen) atoms. The van der Waals surface area contributed by atoms with Gasteiger partial charge >= 0.3 is 5.97 Å². The van der Waals surface area contributed by atoms with Gasteiger partial charge in [0.05, 0.1) is 19.6 Å². The van der Waals surface area contributed by atoms with E-state index in [9.17, 15) is 4.79 Å². The van der Waals surface area contributed by atoms with Crippen molar-refractivity contribution in [3.05, 3.63) is 0 Å². The SMILES string of the molecule is CCCCCCCCCCCC(=O)OCC[N+]1(CCCCCCCC)CCCC1.[Br-]. The molecule has 0 aromatic carbocycles. The van der Waals surface area contributed by atoms with Crippen LogP contribution in [0.4, 0.5) is 0 Å². The number of ether oxygens (including phenoxy) is 1. The van der Waals surface area contributed by atoms with Crippen LogP contribution in [0, 0.1) is 0 Å². The van der Waals surface area contributed by atoms with Crippen LogP contribution >= 0.6 is 0 Å². The molecule has 0 amide bonds. The van der Waals surface area contributed by atoms with Crippen LogP contribution in [0.3, 0.4) is 0 Å². The van der Waals surface area contributed by atoms with Crippen molar-refractivity contribution in [1.82, 2.24) is 0 Å². The van der Waals surface area contributed by atoms with E-state index >= 15 is 0 Å². The van der Waals surface area contributed by atoms with Gasteiger partial charge in [0.1, 0.15) is 13.2 Å². The number of nitrogens with zero attached hydrogens (tertiary/aromatic N) is 1. The van der Waals surface area contributed by atoms with Crippen molar-refractivity contribution in [2.75, 3.05) is 32.8 Å². The average molecular weight is 491 g/mol. The van der Waals surface area contributed by atoms with Crippen LogP contribution in [0.15, 0.2) is 0 Å². The third-order valence-corrected chi connectivity index (χ3v) is 6.81. The maximum absolute atomic E-state index is 12.1. The van der Waals surface area contributed by atoms with Crippen LogP contribution in [-0.4, -0.2) is 43.2 Å². The highest BCUT2D eigenvalue weighted by Crippen LogP contribution is 2.21. The summed E-state index contributed by atoms with van der Waals surface area (Å²) in [5.41, 5.74) is 0. The van der Waals surface area contributed by atoms with Gasteiger partial charge in [-0.2, -0.15) is 0 Å². The highest BCUT2D eigenvalue weighted by Gasteiger charge is 2.31. The van der Waals surface area contributed by atoms with Gasteiger partial charge in [-0.1, -0.05) is 90.9 Å². The minimum atomic E-state index is 0. The summed E-state index contributed by atoms with van der Waals surface area (Å²) in [4.78, 5) is 12.1. The van der Waals surface area contributed by atoms with Crippen molar-refractivity contribution in [1.29, 1.82) is 0 Å². The Hall–Kier alpha value is -0.0900. The summed E-state index contributed by atoms with van der Waals surface area (Å²) >= 11 is 0. The highest BCUT2D eigenvalue weighted by molar-refractivity contribution is 5.69. The predicted octanol–water partition coefficient (Wildman–Crippen LogP) is 4.43. The fourth-order valence-corrected chi connectivity index (χ4v) is 4.80. The van der Waals surface area contributed by atoms with E-state index in [1.165, 1.54) is 127 Å². The first-order valence-corrected chi connectivity index (χ1v) is 13.2. The first-order valence-electron chi connectivity index (χ1n) is 13.2. The van der Waals surface area contributed by atoms with E-state index < -0.39 is 0 Å². The third-order valence-electron chi connectivity index (χ3n) is 6.81. The summed E-state index contributed by atoms with van der Waals surface area (Å²) in [6.45, 7) is 10.1. The highest BCUT2D eigenvalue weighted by atomic mass is 79.9. The zero-order valence-electron chi connectivity index (χ0n) is 20.4. The van der Waals surface area contributed by atoms with Crippen molar-refractivity contribution >= 4 is 5.97 Å². The van der Waals surface area contributed by atoms with E-state index in [0.29, 0.717) is 13.0 Å².